The number of aliphatic hydroxyl groups is 1. The van der Waals surface area contributed by atoms with Crippen molar-refractivity contribution in [3.8, 4) is 5.75 Å². The molecule has 0 saturated carbocycles. The van der Waals surface area contributed by atoms with Crippen LogP contribution in [0.5, 0.6) is 5.75 Å². The number of carbonyl (C=O) groups is 1. The number of nitrogens with zero attached hydrogens (tertiary/aromatic N) is 3. The smallest absolute Gasteiger partial charge is 0.330 e. The van der Waals surface area contributed by atoms with Crippen molar-refractivity contribution in [2.75, 3.05) is 33.7 Å². The van der Waals surface area contributed by atoms with E-state index in [0.717, 1.165) is 16.7 Å². The summed E-state index contributed by atoms with van der Waals surface area (Å²) in [6, 6.07) is 12.2. The number of benzene rings is 2. The van der Waals surface area contributed by atoms with E-state index in [9.17, 15) is 19.8 Å². The fourth-order valence-electron chi connectivity index (χ4n) is 3.93. The van der Waals surface area contributed by atoms with Gasteiger partial charge < -0.3 is 20.1 Å². The van der Waals surface area contributed by atoms with Crippen LogP contribution in [-0.2, 0) is 0 Å². The zero-order valence-corrected chi connectivity index (χ0v) is 17.6. The largest absolute Gasteiger partial charge is 0.507 e. The van der Waals surface area contributed by atoms with E-state index in [1.54, 1.807) is 30.8 Å². The minimum absolute atomic E-state index is 0.107. The number of aromatic nitrogens is 2. The van der Waals surface area contributed by atoms with Gasteiger partial charge in [-0.1, -0.05) is 24.3 Å². The minimum Gasteiger partial charge on any atom is -0.507 e. The zero-order chi connectivity index (χ0) is 22.1. The number of para-hydroxylation sites is 2. The zero-order valence-electron chi connectivity index (χ0n) is 17.6. The van der Waals surface area contributed by atoms with E-state index in [0.29, 0.717) is 31.6 Å². The molecule has 0 spiro atoms. The second-order valence-corrected chi connectivity index (χ2v) is 7.98. The Bertz CT molecular complexity index is 1210. The Hall–Kier alpha value is -3.36. The Kier molecular flexibility index (Phi) is 5.67. The van der Waals surface area contributed by atoms with Crippen molar-refractivity contribution in [1.82, 2.24) is 19.4 Å². The molecule has 0 radical (unpaired) electrons. The number of aromatic hydroxyl groups is 1. The van der Waals surface area contributed by atoms with E-state index in [-0.39, 0.29) is 22.9 Å². The van der Waals surface area contributed by atoms with Crippen molar-refractivity contribution in [2.24, 2.45) is 0 Å². The maximum absolute atomic E-state index is 12.4. The highest BCUT2D eigenvalue weighted by atomic mass is 16.3. The normalized spacial score (nSPS) is 15.6. The van der Waals surface area contributed by atoms with Crippen molar-refractivity contribution in [2.45, 2.75) is 12.5 Å². The molecule has 1 aromatic heterocycles. The maximum Gasteiger partial charge on any atom is 0.330 e. The molecule has 1 atom stereocenters. The number of phenols is 1. The van der Waals surface area contributed by atoms with Gasteiger partial charge in [0.05, 0.1) is 22.7 Å². The number of amides is 1. The number of hydrogen-bond donors (Lipinski definition) is 3. The number of phenolic OH excluding ortho intramolecular Hbond substituents is 1. The molecule has 31 heavy (non-hydrogen) atoms. The fraction of sp³-hybridized carbons (Fsp3) is 0.304. The molecular weight excluding hydrogens is 396 g/mol. The Labute approximate surface area is 179 Å². The number of fused-ring (bicyclic) bond motifs is 1. The highest BCUT2D eigenvalue weighted by molar-refractivity contribution is 5.96. The number of carbonyl (C=O) groups excluding carboxylic acids is 1. The van der Waals surface area contributed by atoms with Crippen LogP contribution in [0, 0.1) is 0 Å². The highest BCUT2D eigenvalue weighted by Crippen LogP contribution is 2.25. The van der Waals surface area contributed by atoms with Crippen LogP contribution >= 0.6 is 0 Å². The van der Waals surface area contributed by atoms with Gasteiger partial charge in [0.2, 0.25) is 0 Å². The van der Waals surface area contributed by atoms with Gasteiger partial charge in [-0.05, 0) is 29.8 Å². The number of rotatable bonds is 5. The van der Waals surface area contributed by atoms with Crippen LogP contribution < -0.4 is 5.69 Å². The van der Waals surface area contributed by atoms with Crippen LogP contribution in [0.25, 0.3) is 16.7 Å². The molecule has 8 nitrogen and oxygen atoms in total. The standard InChI is InChI=1S/C23H26N4O4/c1-25(2)22(30)17-13-15(7-8-20(17)28)21(29)14-26-11-9-16(10-12-26)27-19-6-4-3-5-18(19)24-23(27)31/h3-9,13,21,28-29H,10-12,14H2,1-2H3,(H,24,31). The third kappa shape index (κ3) is 4.12. The summed E-state index contributed by atoms with van der Waals surface area (Å²) in [6.07, 6.45) is 1.88. The summed E-state index contributed by atoms with van der Waals surface area (Å²) in [5, 5.41) is 20.7. The third-order valence-corrected chi connectivity index (χ3v) is 5.62. The Balaban J connectivity index is 1.48. The Morgan fingerprint density at radius 2 is 2.00 bits per heavy atom. The summed E-state index contributed by atoms with van der Waals surface area (Å²) in [7, 11) is 3.23. The first kappa shape index (κ1) is 20.9. The van der Waals surface area contributed by atoms with E-state index < -0.39 is 6.10 Å². The van der Waals surface area contributed by atoms with Crippen LogP contribution in [0.15, 0.2) is 53.3 Å². The summed E-state index contributed by atoms with van der Waals surface area (Å²) in [5.74, 6) is -0.425. The molecule has 0 fully saturated rings. The molecule has 1 amide bonds. The average molecular weight is 422 g/mol. The molecule has 4 rings (SSSR count). The van der Waals surface area contributed by atoms with Crippen LogP contribution in [0.2, 0.25) is 0 Å². The monoisotopic (exact) mass is 422 g/mol. The molecule has 0 aliphatic carbocycles. The van der Waals surface area contributed by atoms with E-state index in [4.69, 9.17) is 0 Å². The number of aromatic amines is 1. The van der Waals surface area contributed by atoms with E-state index in [1.165, 1.54) is 11.0 Å². The fourth-order valence-corrected chi connectivity index (χ4v) is 3.93. The van der Waals surface area contributed by atoms with Crippen LogP contribution in [0.1, 0.15) is 28.4 Å². The number of imidazole rings is 1. The van der Waals surface area contributed by atoms with Gasteiger partial charge in [-0.3, -0.25) is 14.3 Å². The number of nitrogens with one attached hydrogen (secondary N) is 1. The maximum atomic E-state index is 12.4. The first-order chi connectivity index (χ1) is 14.8. The summed E-state index contributed by atoms with van der Waals surface area (Å²) < 4.78 is 1.71. The molecule has 1 aliphatic heterocycles. The predicted octanol–water partition coefficient (Wildman–Crippen LogP) is 2.02. The first-order valence-electron chi connectivity index (χ1n) is 10.2. The molecule has 162 valence electrons. The summed E-state index contributed by atoms with van der Waals surface area (Å²) in [6.45, 7) is 1.67. The van der Waals surface area contributed by atoms with E-state index >= 15 is 0 Å². The van der Waals surface area contributed by atoms with Gasteiger partial charge in [-0.25, -0.2) is 4.79 Å². The van der Waals surface area contributed by atoms with Gasteiger partial charge in [0.25, 0.3) is 5.91 Å². The van der Waals surface area contributed by atoms with Crippen LogP contribution in [-0.4, -0.2) is 69.2 Å². The molecular formula is C23H26N4O4. The highest BCUT2D eigenvalue weighted by Gasteiger charge is 2.21. The number of β-amino-alcohol motifs (C(OH)–C–C–N with tert-alkyl or cyclic N) is 1. The quantitative estimate of drug-likeness (QED) is 0.584. The lowest BCUT2D eigenvalue weighted by Gasteiger charge is -2.28. The third-order valence-electron chi connectivity index (χ3n) is 5.62. The SMILES string of the molecule is CN(C)C(=O)c1cc(C(O)CN2CC=C(n3c(=O)[nH]c4ccccc43)CC2)ccc1O. The number of aliphatic hydroxyl groups excluding tert-OH is 1. The Morgan fingerprint density at radius 3 is 2.71 bits per heavy atom. The van der Waals surface area contributed by atoms with E-state index in [2.05, 4.69) is 9.88 Å². The molecule has 3 N–H and O–H groups in total. The second kappa shape index (κ2) is 8.41. The number of H-pyrrole nitrogens is 1. The van der Waals surface area contributed by atoms with Crippen molar-refractivity contribution in [3.05, 3.63) is 70.2 Å². The van der Waals surface area contributed by atoms with Crippen LogP contribution in [0.4, 0.5) is 0 Å². The van der Waals surface area contributed by atoms with Crippen molar-refractivity contribution < 1.29 is 15.0 Å². The lowest BCUT2D eigenvalue weighted by molar-refractivity contribution is 0.0823. The number of hydrogen-bond acceptors (Lipinski definition) is 5. The predicted molar refractivity (Wildman–Crippen MR) is 119 cm³/mol. The van der Waals surface area contributed by atoms with Crippen molar-refractivity contribution in [3.63, 3.8) is 0 Å². The van der Waals surface area contributed by atoms with Gasteiger partial charge in [0.15, 0.2) is 0 Å². The molecule has 2 aromatic carbocycles. The van der Waals surface area contributed by atoms with Gasteiger partial charge in [0.1, 0.15) is 5.75 Å². The minimum atomic E-state index is -0.805. The van der Waals surface area contributed by atoms with E-state index in [1.807, 2.05) is 30.3 Å². The van der Waals surface area contributed by atoms with Crippen LogP contribution in [0.3, 0.4) is 0 Å². The molecule has 0 bridgehead atoms. The molecule has 1 aliphatic rings. The molecule has 3 aromatic rings. The van der Waals surface area contributed by atoms with Gasteiger partial charge in [-0.2, -0.15) is 0 Å². The van der Waals surface area contributed by atoms with Gasteiger partial charge in [-0.15, -0.1) is 0 Å². The summed E-state index contributed by atoms with van der Waals surface area (Å²) in [4.78, 5) is 31.0. The molecule has 1 unspecified atom stereocenters. The Morgan fingerprint density at radius 1 is 1.23 bits per heavy atom. The first-order valence-corrected chi connectivity index (χ1v) is 10.2. The van der Waals surface area contributed by atoms with Gasteiger partial charge >= 0.3 is 5.69 Å². The molecule has 0 saturated heterocycles. The lowest BCUT2D eigenvalue weighted by Crippen LogP contribution is -2.34. The van der Waals surface area contributed by atoms with Gasteiger partial charge in [0, 0.05) is 45.8 Å². The summed E-state index contributed by atoms with van der Waals surface area (Å²) >= 11 is 0. The topological polar surface area (TPSA) is 102 Å². The molecule has 8 heteroatoms. The molecule has 2 heterocycles. The van der Waals surface area contributed by atoms with Crippen molar-refractivity contribution >= 4 is 22.6 Å². The van der Waals surface area contributed by atoms with Crippen molar-refractivity contribution in [1.29, 1.82) is 0 Å². The lowest BCUT2D eigenvalue weighted by atomic mass is 10.0. The second-order valence-electron chi connectivity index (χ2n) is 7.98. The average Bonchev–Trinajstić information content (AvgIpc) is 3.09. The summed E-state index contributed by atoms with van der Waals surface area (Å²) in [5.41, 5.74) is 3.20.